The van der Waals surface area contributed by atoms with Gasteiger partial charge in [0, 0.05) is 26.1 Å². The third kappa shape index (κ3) is 2.95. The van der Waals surface area contributed by atoms with Gasteiger partial charge < -0.3 is 10.0 Å². The van der Waals surface area contributed by atoms with E-state index in [4.69, 9.17) is 4.98 Å². The van der Waals surface area contributed by atoms with Gasteiger partial charge in [0.15, 0.2) is 5.65 Å². The summed E-state index contributed by atoms with van der Waals surface area (Å²) in [5, 5.41) is 9.36. The number of aromatic nitrogens is 3. The van der Waals surface area contributed by atoms with E-state index in [-0.39, 0.29) is 23.1 Å². The predicted octanol–water partition coefficient (Wildman–Crippen LogP) is 2.94. The lowest BCUT2D eigenvalue weighted by Gasteiger charge is -2.42. The van der Waals surface area contributed by atoms with Crippen LogP contribution in [0.25, 0.3) is 16.7 Å². The second-order valence-electron chi connectivity index (χ2n) is 8.93. The maximum absolute atomic E-state index is 12.7. The van der Waals surface area contributed by atoms with Gasteiger partial charge in [0.25, 0.3) is 0 Å². The van der Waals surface area contributed by atoms with Gasteiger partial charge in [-0.2, -0.15) is 0 Å². The Balaban J connectivity index is 1.78. The Morgan fingerprint density at radius 2 is 2.04 bits per heavy atom. The topological polar surface area (TPSA) is 80.4 Å². The molecule has 2 aromatic rings. The molecule has 2 aromatic heterocycles. The molecular formula is C20H26N4O3. The molecule has 0 spiro atoms. The van der Waals surface area contributed by atoms with Crippen molar-refractivity contribution in [1.29, 1.82) is 0 Å². The third-order valence-electron chi connectivity index (χ3n) is 5.59. The van der Waals surface area contributed by atoms with Crippen LogP contribution in [-0.4, -0.2) is 42.8 Å². The molecule has 0 radical (unpaired) electrons. The van der Waals surface area contributed by atoms with E-state index in [1.807, 2.05) is 18.2 Å². The van der Waals surface area contributed by atoms with Gasteiger partial charge in [-0.25, -0.2) is 14.6 Å². The number of rotatable bonds is 2. The highest BCUT2D eigenvalue weighted by molar-refractivity contribution is 5.78. The maximum atomic E-state index is 12.7. The van der Waals surface area contributed by atoms with Crippen LogP contribution in [0.15, 0.2) is 23.0 Å². The number of hydrogen-bond donors (Lipinski definition) is 1. The molecule has 0 aromatic carbocycles. The van der Waals surface area contributed by atoms with Crippen LogP contribution in [0.1, 0.15) is 39.3 Å². The SMILES string of the molecule is Cn1c(=O)n(CC(C)(C)C)c2ccc(C3=CC4CCC3CN4C(=O)O)nc21. The molecule has 7 heteroatoms. The number of imidazole rings is 1. The predicted molar refractivity (Wildman–Crippen MR) is 104 cm³/mol. The number of pyridine rings is 1. The second-order valence-corrected chi connectivity index (χ2v) is 8.93. The van der Waals surface area contributed by atoms with Gasteiger partial charge in [-0.3, -0.25) is 9.13 Å². The average Bonchev–Trinajstić information content (AvgIpc) is 2.85. The minimum Gasteiger partial charge on any atom is -0.465 e. The van der Waals surface area contributed by atoms with E-state index in [0.29, 0.717) is 18.7 Å². The minimum atomic E-state index is -0.856. The molecule has 2 aliphatic heterocycles. The lowest BCUT2D eigenvalue weighted by Crippen LogP contribution is -2.49. The minimum absolute atomic E-state index is 0.0118. The fraction of sp³-hybridized carbons (Fsp3) is 0.550. The van der Waals surface area contributed by atoms with Crippen molar-refractivity contribution >= 4 is 22.8 Å². The number of carboxylic acid groups (broad SMARTS) is 1. The highest BCUT2D eigenvalue weighted by Crippen LogP contribution is 2.39. The summed E-state index contributed by atoms with van der Waals surface area (Å²) in [6.45, 7) is 7.48. The Hall–Kier alpha value is -2.57. The van der Waals surface area contributed by atoms with Crippen LogP contribution in [0.5, 0.6) is 0 Å². The number of aryl methyl sites for hydroxylation is 1. The van der Waals surface area contributed by atoms with Gasteiger partial charge >= 0.3 is 11.8 Å². The molecule has 1 fully saturated rings. The highest BCUT2D eigenvalue weighted by Gasteiger charge is 2.38. The van der Waals surface area contributed by atoms with Crippen molar-refractivity contribution in [2.75, 3.05) is 6.54 Å². The molecule has 144 valence electrons. The Kier molecular flexibility index (Phi) is 3.94. The smallest absolute Gasteiger partial charge is 0.407 e. The average molecular weight is 370 g/mol. The third-order valence-corrected chi connectivity index (χ3v) is 5.59. The van der Waals surface area contributed by atoms with E-state index in [2.05, 4.69) is 20.8 Å². The van der Waals surface area contributed by atoms with Crippen molar-refractivity contribution in [2.24, 2.45) is 18.4 Å². The monoisotopic (exact) mass is 370 g/mol. The van der Waals surface area contributed by atoms with Crippen molar-refractivity contribution in [3.63, 3.8) is 0 Å². The first-order valence-electron chi connectivity index (χ1n) is 9.43. The Labute approximate surface area is 157 Å². The molecule has 2 bridgehead atoms. The molecule has 4 heterocycles. The molecule has 2 atom stereocenters. The summed E-state index contributed by atoms with van der Waals surface area (Å²) in [5.41, 5.74) is 3.42. The van der Waals surface area contributed by atoms with Crippen molar-refractivity contribution in [1.82, 2.24) is 19.0 Å². The molecule has 3 aliphatic rings. The van der Waals surface area contributed by atoms with Gasteiger partial charge in [0.2, 0.25) is 0 Å². The molecule has 7 nitrogen and oxygen atoms in total. The molecule has 1 amide bonds. The quantitative estimate of drug-likeness (QED) is 0.881. The van der Waals surface area contributed by atoms with Gasteiger partial charge in [-0.15, -0.1) is 0 Å². The van der Waals surface area contributed by atoms with E-state index >= 15 is 0 Å². The second kappa shape index (κ2) is 5.97. The number of hydrogen-bond acceptors (Lipinski definition) is 3. The normalized spacial score (nSPS) is 22.4. The van der Waals surface area contributed by atoms with E-state index in [0.717, 1.165) is 29.6 Å². The number of carbonyl (C=O) groups is 1. The van der Waals surface area contributed by atoms with Crippen LogP contribution < -0.4 is 5.69 Å². The van der Waals surface area contributed by atoms with Gasteiger partial charge in [-0.1, -0.05) is 26.8 Å². The molecular weight excluding hydrogens is 344 g/mol. The summed E-state index contributed by atoms with van der Waals surface area (Å²) < 4.78 is 3.40. The lowest BCUT2D eigenvalue weighted by atomic mass is 9.78. The number of piperidine rings is 1. The van der Waals surface area contributed by atoms with Crippen LogP contribution in [0.3, 0.4) is 0 Å². The standard InChI is InChI=1S/C20H26N4O3/c1-20(2,3)11-24-16-8-7-15(21-17(16)22(4)18(24)25)14-9-13-6-5-12(14)10-23(13)19(26)27/h7-9,12-13H,5-6,10-11H2,1-4H3,(H,26,27). The van der Waals surface area contributed by atoms with Crippen molar-refractivity contribution in [3.05, 3.63) is 34.4 Å². The Morgan fingerprint density at radius 3 is 2.63 bits per heavy atom. The van der Waals surface area contributed by atoms with Crippen LogP contribution >= 0.6 is 0 Å². The summed E-state index contributed by atoms with van der Waals surface area (Å²) in [5.74, 6) is 0.171. The summed E-state index contributed by atoms with van der Waals surface area (Å²) in [6.07, 6.45) is 3.03. The molecule has 0 saturated carbocycles. The Bertz CT molecular complexity index is 1010. The summed E-state index contributed by atoms with van der Waals surface area (Å²) in [6, 6.07) is 3.87. The van der Waals surface area contributed by atoms with Crippen LogP contribution in [0.2, 0.25) is 0 Å². The van der Waals surface area contributed by atoms with Gasteiger partial charge in [-0.05, 0) is 36.0 Å². The first-order chi connectivity index (χ1) is 12.7. The van der Waals surface area contributed by atoms with Gasteiger partial charge in [0.1, 0.15) is 0 Å². The summed E-state index contributed by atoms with van der Waals surface area (Å²) in [4.78, 5) is 30.4. The largest absolute Gasteiger partial charge is 0.465 e. The molecule has 27 heavy (non-hydrogen) atoms. The number of amides is 1. The van der Waals surface area contributed by atoms with Crippen LogP contribution in [-0.2, 0) is 13.6 Å². The van der Waals surface area contributed by atoms with E-state index in [1.54, 1.807) is 16.2 Å². The van der Waals surface area contributed by atoms with Crippen molar-refractivity contribution in [3.8, 4) is 0 Å². The Morgan fingerprint density at radius 1 is 1.30 bits per heavy atom. The molecule has 1 saturated heterocycles. The maximum Gasteiger partial charge on any atom is 0.407 e. The van der Waals surface area contributed by atoms with Crippen LogP contribution in [0, 0.1) is 11.3 Å². The van der Waals surface area contributed by atoms with E-state index in [1.165, 1.54) is 4.90 Å². The van der Waals surface area contributed by atoms with E-state index < -0.39 is 6.09 Å². The molecule has 1 aliphatic carbocycles. The fourth-order valence-electron chi connectivity index (χ4n) is 4.34. The molecule has 2 unspecified atom stereocenters. The highest BCUT2D eigenvalue weighted by atomic mass is 16.4. The summed E-state index contributed by atoms with van der Waals surface area (Å²) >= 11 is 0. The zero-order chi connectivity index (χ0) is 19.5. The van der Waals surface area contributed by atoms with E-state index in [9.17, 15) is 14.7 Å². The van der Waals surface area contributed by atoms with Crippen LogP contribution in [0.4, 0.5) is 4.79 Å². The summed E-state index contributed by atoms with van der Waals surface area (Å²) in [7, 11) is 1.76. The fourth-order valence-corrected chi connectivity index (χ4v) is 4.34. The first-order valence-corrected chi connectivity index (χ1v) is 9.43. The lowest BCUT2D eigenvalue weighted by molar-refractivity contribution is 0.105. The van der Waals surface area contributed by atoms with Crippen molar-refractivity contribution < 1.29 is 9.90 Å². The van der Waals surface area contributed by atoms with Crippen molar-refractivity contribution in [2.45, 2.75) is 46.2 Å². The van der Waals surface area contributed by atoms with Gasteiger partial charge in [0.05, 0.1) is 17.3 Å². The molecule has 5 rings (SSSR count). The number of nitrogens with zero attached hydrogens (tertiary/aromatic N) is 4. The zero-order valence-electron chi connectivity index (χ0n) is 16.3. The molecule has 1 N–H and O–H groups in total. The first kappa shape index (κ1) is 17.8. The number of fused-ring (bicyclic) bond motifs is 3. The zero-order valence-corrected chi connectivity index (χ0v) is 16.3.